The lowest BCUT2D eigenvalue weighted by Gasteiger charge is -2.38. The molecule has 5 heteroatoms. The van der Waals surface area contributed by atoms with E-state index in [9.17, 15) is 0 Å². The first-order chi connectivity index (χ1) is 7.75. The van der Waals surface area contributed by atoms with Crippen LogP contribution in [0.3, 0.4) is 0 Å². The Morgan fingerprint density at radius 1 is 1.44 bits per heavy atom. The Labute approximate surface area is 93.7 Å². The normalized spacial score (nSPS) is 18.3. The summed E-state index contributed by atoms with van der Waals surface area (Å²) in [4.78, 5) is 4.43. The van der Waals surface area contributed by atoms with Crippen LogP contribution in [0, 0.1) is 0 Å². The van der Waals surface area contributed by atoms with Crippen LogP contribution in [0.1, 0.15) is 19.3 Å². The van der Waals surface area contributed by atoms with Gasteiger partial charge in [-0.2, -0.15) is 5.10 Å². The number of aromatic nitrogens is 3. The SMILES string of the molecule is NC1(CNc2ccn3nccc3n2)CCC1. The zero-order chi connectivity index (χ0) is 11.0. The zero-order valence-electron chi connectivity index (χ0n) is 9.06. The van der Waals surface area contributed by atoms with Crippen molar-refractivity contribution in [2.45, 2.75) is 24.8 Å². The third-order valence-corrected chi connectivity index (χ3v) is 3.23. The summed E-state index contributed by atoms with van der Waals surface area (Å²) in [5, 5.41) is 7.39. The fraction of sp³-hybridized carbons (Fsp3) is 0.455. The molecule has 0 unspecified atom stereocenters. The molecule has 0 saturated heterocycles. The van der Waals surface area contributed by atoms with Crippen molar-refractivity contribution in [3.8, 4) is 0 Å². The van der Waals surface area contributed by atoms with E-state index in [0.29, 0.717) is 0 Å². The molecule has 0 aliphatic heterocycles. The lowest BCUT2D eigenvalue weighted by molar-refractivity contribution is 0.265. The Morgan fingerprint density at radius 3 is 3.06 bits per heavy atom. The fourth-order valence-electron chi connectivity index (χ4n) is 1.99. The Kier molecular flexibility index (Phi) is 2.07. The predicted molar refractivity (Wildman–Crippen MR) is 62.2 cm³/mol. The van der Waals surface area contributed by atoms with E-state index in [1.807, 2.05) is 18.3 Å². The molecule has 0 bridgehead atoms. The van der Waals surface area contributed by atoms with Crippen molar-refractivity contribution < 1.29 is 0 Å². The molecule has 1 aliphatic carbocycles. The topological polar surface area (TPSA) is 68.2 Å². The molecule has 0 radical (unpaired) electrons. The molecule has 0 spiro atoms. The monoisotopic (exact) mass is 217 g/mol. The number of anilines is 1. The minimum atomic E-state index is -0.0198. The minimum absolute atomic E-state index is 0.0198. The van der Waals surface area contributed by atoms with Crippen LogP contribution in [0.2, 0.25) is 0 Å². The number of nitrogens with one attached hydrogen (secondary N) is 1. The lowest BCUT2D eigenvalue weighted by atomic mass is 9.78. The highest BCUT2D eigenvalue weighted by Crippen LogP contribution is 2.28. The smallest absolute Gasteiger partial charge is 0.157 e. The zero-order valence-corrected chi connectivity index (χ0v) is 9.06. The van der Waals surface area contributed by atoms with Crippen LogP contribution >= 0.6 is 0 Å². The van der Waals surface area contributed by atoms with Gasteiger partial charge in [-0.25, -0.2) is 9.50 Å². The summed E-state index contributed by atoms with van der Waals surface area (Å²) in [5.41, 5.74) is 6.97. The molecule has 3 rings (SSSR count). The van der Waals surface area contributed by atoms with Gasteiger partial charge in [0.1, 0.15) is 5.82 Å². The Morgan fingerprint density at radius 2 is 2.31 bits per heavy atom. The van der Waals surface area contributed by atoms with Crippen LogP contribution in [0.15, 0.2) is 24.5 Å². The van der Waals surface area contributed by atoms with Gasteiger partial charge in [-0.05, 0) is 25.3 Å². The number of hydrogen-bond donors (Lipinski definition) is 2. The summed E-state index contributed by atoms with van der Waals surface area (Å²) >= 11 is 0. The van der Waals surface area contributed by atoms with Crippen molar-refractivity contribution in [3.63, 3.8) is 0 Å². The highest BCUT2D eigenvalue weighted by atomic mass is 15.2. The average molecular weight is 217 g/mol. The maximum atomic E-state index is 6.14. The Hall–Kier alpha value is -1.62. The standard InChI is InChI=1S/C11H15N5/c12-11(4-1-5-11)8-13-9-3-7-16-10(15-9)2-6-14-16/h2-3,6-7H,1,4-5,8,12H2,(H,13,15). The first-order valence-electron chi connectivity index (χ1n) is 5.58. The van der Waals surface area contributed by atoms with Gasteiger partial charge in [-0.1, -0.05) is 0 Å². The summed E-state index contributed by atoms with van der Waals surface area (Å²) in [7, 11) is 0. The van der Waals surface area contributed by atoms with Crippen molar-refractivity contribution in [2.75, 3.05) is 11.9 Å². The van der Waals surface area contributed by atoms with Crippen LogP contribution in [0.5, 0.6) is 0 Å². The molecule has 0 amide bonds. The molecule has 84 valence electrons. The second kappa shape index (κ2) is 3.45. The third-order valence-electron chi connectivity index (χ3n) is 3.23. The first-order valence-corrected chi connectivity index (χ1v) is 5.58. The van der Waals surface area contributed by atoms with E-state index >= 15 is 0 Å². The van der Waals surface area contributed by atoms with Gasteiger partial charge < -0.3 is 11.1 Å². The van der Waals surface area contributed by atoms with Gasteiger partial charge in [0.25, 0.3) is 0 Å². The van der Waals surface area contributed by atoms with Gasteiger partial charge in [-0.15, -0.1) is 0 Å². The maximum absolute atomic E-state index is 6.14. The van der Waals surface area contributed by atoms with E-state index in [2.05, 4.69) is 15.4 Å². The van der Waals surface area contributed by atoms with Gasteiger partial charge in [-0.3, -0.25) is 0 Å². The van der Waals surface area contributed by atoms with E-state index < -0.39 is 0 Å². The molecule has 0 aromatic carbocycles. The van der Waals surface area contributed by atoms with Gasteiger partial charge >= 0.3 is 0 Å². The van der Waals surface area contributed by atoms with Gasteiger partial charge in [0.2, 0.25) is 0 Å². The summed E-state index contributed by atoms with van der Waals surface area (Å²) in [6.07, 6.45) is 7.09. The fourth-order valence-corrected chi connectivity index (χ4v) is 1.99. The van der Waals surface area contributed by atoms with Crippen molar-refractivity contribution in [3.05, 3.63) is 24.5 Å². The minimum Gasteiger partial charge on any atom is -0.368 e. The van der Waals surface area contributed by atoms with Crippen LogP contribution in [-0.4, -0.2) is 26.7 Å². The lowest BCUT2D eigenvalue weighted by Crippen LogP contribution is -2.52. The largest absolute Gasteiger partial charge is 0.368 e. The molecule has 1 aliphatic rings. The molecular formula is C11H15N5. The van der Waals surface area contributed by atoms with Crippen LogP contribution in [-0.2, 0) is 0 Å². The van der Waals surface area contributed by atoms with E-state index in [0.717, 1.165) is 30.9 Å². The summed E-state index contributed by atoms with van der Waals surface area (Å²) < 4.78 is 1.74. The quantitative estimate of drug-likeness (QED) is 0.805. The Balaban J connectivity index is 1.73. The van der Waals surface area contributed by atoms with E-state index in [-0.39, 0.29) is 5.54 Å². The summed E-state index contributed by atoms with van der Waals surface area (Å²) in [6, 6.07) is 3.80. The van der Waals surface area contributed by atoms with Crippen molar-refractivity contribution in [1.29, 1.82) is 0 Å². The van der Waals surface area contributed by atoms with E-state index in [1.54, 1.807) is 10.7 Å². The maximum Gasteiger partial charge on any atom is 0.157 e. The number of nitrogens with zero attached hydrogens (tertiary/aromatic N) is 3. The van der Waals surface area contributed by atoms with Gasteiger partial charge in [0, 0.05) is 24.3 Å². The number of rotatable bonds is 3. The summed E-state index contributed by atoms with van der Waals surface area (Å²) in [5.74, 6) is 0.865. The van der Waals surface area contributed by atoms with Gasteiger partial charge in [0.05, 0.1) is 6.20 Å². The first kappa shape index (κ1) is 9.59. The van der Waals surface area contributed by atoms with Crippen LogP contribution < -0.4 is 11.1 Å². The third kappa shape index (κ3) is 1.63. The van der Waals surface area contributed by atoms with Crippen molar-refractivity contribution >= 4 is 11.5 Å². The van der Waals surface area contributed by atoms with Crippen molar-refractivity contribution in [2.24, 2.45) is 5.73 Å². The number of fused-ring (bicyclic) bond motifs is 1. The molecule has 2 heterocycles. The van der Waals surface area contributed by atoms with E-state index in [4.69, 9.17) is 5.73 Å². The highest BCUT2D eigenvalue weighted by Gasteiger charge is 2.32. The summed E-state index contributed by atoms with van der Waals surface area (Å²) in [6.45, 7) is 0.796. The number of hydrogen-bond acceptors (Lipinski definition) is 4. The second-order valence-electron chi connectivity index (χ2n) is 4.52. The van der Waals surface area contributed by atoms with Crippen molar-refractivity contribution in [1.82, 2.24) is 14.6 Å². The molecule has 1 saturated carbocycles. The van der Waals surface area contributed by atoms with Crippen LogP contribution in [0.4, 0.5) is 5.82 Å². The molecular weight excluding hydrogens is 202 g/mol. The Bertz CT molecular complexity index is 500. The molecule has 0 atom stereocenters. The van der Waals surface area contributed by atoms with E-state index in [1.165, 1.54) is 6.42 Å². The molecule has 1 fully saturated rings. The molecule has 3 N–H and O–H groups in total. The highest BCUT2D eigenvalue weighted by molar-refractivity contribution is 5.45. The molecule has 16 heavy (non-hydrogen) atoms. The molecule has 2 aromatic heterocycles. The molecule has 5 nitrogen and oxygen atoms in total. The van der Waals surface area contributed by atoms with Gasteiger partial charge in [0.15, 0.2) is 5.65 Å². The van der Waals surface area contributed by atoms with Crippen LogP contribution in [0.25, 0.3) is 5.65 Å². The average Bonchev–Trinajstić information content (AvgIpc) is 2.70. The number of nitrogens with two attached hydrogens (primary N) is 1. The molecule has 2 aromatic rings. The second-order valence-corrected chi connectivity index (χ2v) is 4.52. The predicted octanol–water partition coefficient (Wildman–Crippen LogP) is 1.02.